The molecule has 2 heterocycles. The van der Waals surface area contributed by atoms with Gasteiger partial charge in [-0.25, -0.2) is 0 Å². The van der Waals surface area contributed by atoms with Crippen molar-refractivity contribution in [3.63, 3.8) is 0 Å². The second-order valence-electron chi connectivity index (χ2n) is 5.21. The number of carbonyl (C=O) groups is 1. The molecule has 1 saturated heterocycles. The number of nitrogens with zero attached hydrogens (tertiary/aromatic N) is 3. The van der Waals surface area contributed by atoms with Crippen LogP contribution < -0.4 is 9.47 Å². The summed E-state index contributed by atoms with van der Waals surface area (Å²) in [6.45, 7) is 0.784. The number of aryl methyl sites for hydroxylation is 1. The van der Waals surface area contributed by atoms with Crippen LogP contribution in [-0.4, -0.2) is 53.0 Å². The van der Waals surface area contributed by atoms with Gasteiger partial charge in [0.15, 0.2) is 0 Å². The van der Waals surface area contributed by atoms with Crippen LogP contribution in [0.4, 0.5) is 0 Å². The molecule has 0 spiro atoms. The van der Waals surface area contributed by atoms with Crippen molar-refractivity contribution in [2.75, 3.05) is 32.4 Å². The number of benzene rings is 1. The first-order chi connectivity index (χ1) is 11.1. The standard InChI is InChI=1S/C16H19N3O3S/c1-18-14(16(20)19-6-7-23-10-19)9-13(17-18)12-8-11(21-2)4-5-15(12)22-3/h4-5,8-9H,6-7,10H2,1-3H3. The van der Waals surface area contributed by atoms with Gasteiger partial charge in [0.05, 0.1) is 25.8 Å². The average Bonchev–Trinajstić information content (AvgIpc) is 3.23. The molecule has 3 rings (SSSR count). The Kier molecular flexibility index (Phi) is 4.47. The molecule has 0 radical (unpaired) electrons. The van der Waals surface area contributed by atoms with Crippen LogP contribution in [0, 0.1) is 0 Å². The maximum atomic E-state index is 12.6. The Balaban J connectivity index is 1.98. The average molecular weight is 333 g/mol. The van der Waals surface area contributed by atoms with E-state index in [1.54, 1.807) is 37.7 Å². The minimum Gasteiger partial charge on any atom is -0.497 e. The van der Waals surface area contributed by atoms with Crippen molar-refractivity contribution in [2.45, 2.75) is 0 Å². The van der Waals surface area contributed by atoms with Crippen molar-refractivity contribution in [3.8, 4) is 22.8 Å². The quantitative estimate of drug-likeness (QED) is 0.859. The van der Waals surface area contributed by atoms with E-state index in [4.69, 9.17) is 9.47 Å². The number of hydrogen-bond acceptors (Lipinski definition) is 5. The van der Waals surface area contributed by atoms with Crippen molar-refractivity contribution < 1.29 is 14.3 Å². The van der Waals surface area contributed by atoms with Crippen LogP contribution in [0.3, 0.4) is 0 Å². The van der Waals surface area contributed by atoms with Gasteiger partial charge in [0.2, 0.25) is 0 Å². The summed E-state index contributed by atoms with van der Waals surface area (Å²) in [5.74, 6) is 3.15. The maximum Gasteiger partial charge on any atom is 0.272 e. The van der Waals surface area contributed by atoms with Crippen LogP contribution in [0.1, 0.15) is 10.5 Å². The molecule has 6 nitrogen and oxygen atoms in total. The van der Waals surface area contributed by atoms with E-state index in [0.717, 1.165) is 29.5 Å². The van der Waals surface area contributed by atoms with Crippen LogP contribution in [0.2, 0.25) is 0 Å². The van der Waals surface area contributed by atoms with E-state index < -0.39 is 0 Å². The van der Waals surface area contributed by atoms with E-state index >= 15 is 0 Å². The van der Waals surface area contributed by atoms with Gasteiger partial charge in [-0.05, 0) is 24.3 Å². The zero-order chi connectivity index (χ0) is 16.4. The Bertz CT molecular complexity index is 723. The lowest BCUT2D eigenvalue weighted by Crippen LogP contribution is -2.29. The summed E-state index contributed by atoms with van der Waals surface area (Å²) in [7, 11) is 5.01. The summed E-state index contributed by atoms with van der Waals surface area (Å²) in [5.41, 5.74) is 2.07. The molecule has 0 aliphatic carbocycles. The third-order valence-electron chi connectivity index (χ3n) is 3.82. The Morgan fingerprint density at radius 2 is 2.09 bits per heavy atom. The molecule has 0 bridgehead atoms. The van der Waals surface area contributed by atoms with Crippen molar-refractivity contribution in [3.05, 3.63) is 30.0 Å². The van der Waals surface area contributed by atoms with E-state index in [9.17, 15) is 4.79 Å². The predicted octanol–water partition coefficient (Wildman–Crippen LogP) is 2.25. The molecule has 1 aromatic carbocycles. The Morgan fingerprint density at radius 1 is 1.26 bits per heavy atom. The summed E-state index contributed by atoms with van der Waals surface area (Å²) < 4.78 is 12.3. The van der Waals surface area contributed by atoms with Gasteiger partial charge in [0.1, 0.15) is 17.2 Å². The molecule has 1 aromatic heterocycles. The van der Waals surface area contributed by atoms with E-state index in [2.05, 4.69) is 5.10 Å². The summed E-state index contributed by atoms with van der Waals surface area (Å²) in [5, 5.41) is 4.48. The smallest absolute Gasteiger partial charge is 0.272 e. The number of aromatic nitrogens is 2. The molecule has 1 amide bonds. The van der Waals surface area contributed by atoms with Crippen molar-refractivity contribution >= 4 is 17.7 Å². The highest BCUT2D eigenvalue weighted by Gasteiger charge is 2.24. The third kappa shape index (κ3) is 3.01. The predicted molar refractivity (Wildman–Crippen MR) is 90.1 cm³/mol. The third-order valence-corrected chi connectivity index (χ3v) is 4.79. The molecule has 0 N–H and O–H groups in total. The van der Waals surface area contributed by atoms with Crippen LogP contribution in [-0.2, 0) is 7.05 Å². The summed E-state index contributed by atoms with van der Waals surface area (Å²) in [6, 6.07) is 7.34. The zero-order valence-electron chi connectivity index (χ0n) is 13.4. The second-order valence-corrected chi connectivity index (χ2v) is 6.29. The van der Waals surface area contributed by atoms with Gasteiger partial charge < -0.3 is 14.4 Å². The van der Waals surface area contributed by atoms with Crippen molar-refractivity contribution in [1.29, 1.82) is 0 Å². The van der Waals surface area contributed by atoms with E-state index in [1.807, 2.05) is 29.2 Å². The SMILES string of the molecule is COc1ccc(OC)c(-c2cc(C(=O)N3CCSC3)n(C)n2)c1. The molecule has 1 aliphatic heterocycles. The molecule has 7 heteroatoms. The molecule has 0 saturated carbocycles. The first kappa shape index (κ1) is 15.7. The summed E-state index contributed by atoms with van der Waals surface area (Å²) in [6.07, 6.45) is 0. The number of rotatable bonds is 4. The zero-order valence-corrected chi connectivity index (χ0v) is 14.2. The van der Waals surface area contributed by atoms with Crippen molar-refractivity contribution in [2.24, 2.45) is 7.05 Å². The number of amides is 1. The van der Waals surface area contributed by atoms with Gasteiger partial charge >= 0.3 is 0 Å². The summed E-state index contributed by atoms with van der Waals surface area (Å²) >= 11 is 1.76. The monoisotopic (exact) mass is 333 g/mol. The maximum absolute atomic E-state index is 12.6. The molecule has 122 valence electrons. The lowest BCUT2D eigenvalue weighted by Gasteiger charge is -2.13. The van der Waals surface area contributed by atoms with Gasteiger partial charge in [-0.2, -0.15) is 5.10 Å². The summed E-state index contributed by atoms with van der Waals surface area (Å²) in [4.78, 5) is 14.4. The Hall–Kier alpha value is -2.15. The van der Waals surface area contributed by atoms with Gasteiger partial charge in [-0.1, -0.05) is 0 Å². The number of hydrogen-bond donors (Lipinski definition) is 0. The highest BCUT2D eigenvalue weighted by molar-refractivity contribution is 7.99. The molecule has 23 heavy (non-hydrogen) atoms. The van der Waals surface area contributed by atoms with Gasteiger partial charge in [-0.15, -0.1) is 11.8 Å². The van der Waals surface area contributed by atoms with E-state index in [0.29, 0.717) is 17.1 Å². The van der Waals surface area contributed by atoms with Crippen LogP contribution in [0.5, 0.6) is 11.5 Å². The number of methoxy groups -OCH3 is 2. The van der Waals surface area contributed by atoms with E-state index in [-0.39, 0.29) is 5.91 Å². The normalized spacial score (nSPS) is 14.1. The lowest BCUT2D eigenvalue weighted by molar-refractivity contribution is 0.0792. The molecular weight excluding hydrogens is 314 g/mol. The van der Waals surface area contributed by atoms with Crippen molar-refractivity contribution in [1.82, 2.24) is 14.7 Å². The highest BCUT2D eigenvalue weighted by atomic mass is 32.2. The molecule has 1 fully saturated rings. The molecule has 0 unspecified atom stereocenters. The fourth-order valence-corrected chi connectivity index (χ4v) is 3.49. The minimum absolute atomic E-state index is 0.0121. The number of carbonyl (C=O) groups excluding carboxylic acids is 1. The molecule has 0 atom stereocenters. The van der Waals surface area contributed by atoms with Gasteiger partial charge in [0.25, 0.3) is 5.91 Å². The first-order valence-corrected chi connectivity index (χ1v) is 8.43. The second kappa shape index (κ2) is 6.54. The van der Waals surface area contributed by atoms with E-state index in [1.165, 1.54) is 0 Å². The topological polar surface area (TPSA) is 56.6 Å². The van der Waals surface area contributed by atoms with Crippen LogP contribution in [0.15, 0.2) is 24.3 Å². The largest absolute Gasteiger partial charge is 0.497 e. The minimum atomic E-state index is 0.0121. The molecule has 1 aliphatic rings. The first-order valence-electron chi connectivity index (χ1n) is 7.27. The lowest BCUT2D eigenvalue weighted by atomic mass is 10.1. The van der Waals surface area contributed by atoms with Crippen LogP contribution >= 0.6 is 11.8 Å². The molecule has 2 aromatic rings. The van der Waals surface area contributed by atoms with Gasteiger partial charge in [-0.3, -0.25) is 9.48 Å². The Morgan fingerprint density at radius 3 is 2.74 bits per heavy atom. The fourth-order valence-electron chi connectivity index (χ4n) is 2.55. The molecular formula is C16H19N3O3S. The number of ether oxygens (including phenoxy) is 2. The number of thioether (sulfide) groups is 1. The highest BCUT2D eigenvalue weighted by Crippen LogP contribution is 2.33. The van der Waals surface area contributed by atoms with Crippen LogP contribution in [0.25, 0.3) is 11.3 Å². The van der Waals surface area contributed by atoms with Gasteiger partial charge in [0, 0.05) is 24.9 Å². The fraction of sp³-hybridized carbons (Fsp3) is 0.375. The Labute approximate surface area is 139 Å².